The first-order valence-corrected chi connectivity index (χ1v) is 6.64. The summed E-state index contributed by atoms with van der Waals surface area (Å²) in [7, 11) is 0. The Morgan fingerprint density at radius 1 is 1.38 bits per heavy atom. The summed E-state index contributed by atoms with van der Waals surface area (Å²) >= 11 is 0. The van der Waals surface area contributed by atoms with Crippen LogP contribution in [0, 0.1) is 11.8 Å². The highest BCUT2D eigenvalue weighted by Gasteiger charge is 2.27. The zero-order valence-corrected chi connectivity index (χ0v) is 10.7. The van der Waals surface area contributed by atoms with E-state index in [1.165, 1.54) is 12.8 Å². The Labute approximate surface area is 99.2 Å². The number of carbonyl (C=O) groups excluding carboxylic acids is 1. The van der Waals surface area contributed by atoms with Crippen molar-refractivity contribution in [3.05, 3.63) is 0 Å². The Hall–Kier alpha value is -0.570. The maximum atomic E-state index is 11.9. The van der Waals surface area contributed by atoms with Gasteiger partial charge in [0.05, 0.1) is 5.92 Å². The molecule has 0 aromatic heterocycles. The van der Waals surface area contributed by atoms with Gasteiger partial charge in [0.15, 0.2) is 0 Å². The lowest BCUT2D eigenvalue weighted by molar-refractivity contribution is -0.126. The summed E-state index contributed by atoms with van der Waals surface area (Å²) in [5, 5.41) is 3.02. The van der Waals surface area contributed by atoms with E-state index in [1.54, 1.807) is 0 Å². The topological polar surface area (TPSA) is 55.1 Å². The van der Waals surface area contributed by atoms with E-state index in [0.717, 1.165) is 32.2 Å². The normalized spacial score (nSPS) is 25.8. The van der Waals surface area contributed by atoms with Gasteiger partial charge in [0, 0.05) is 12.6 Å². The van der Waals surface area contributed by atoms with Crippen LogP contribution in [0.25, 0.3) is 0 Å². The maximum absolute atomic E-state index is 11.9. The standard InChI is InChI=1S/C13H26N2O/c1-10(2)6-5-9-15-13(16)11-7-3-4-8-12(11)14/h10-12H,3-9,14H2,1-2H3,(H,15,16). The fraction of sp³-hybridized carbons (Fsp3) is 0.923. The van der Waals surface area contributed by atoms with Gasteiger partial charge >= 0.3 is 0 Å². The van der Waals surface area contributed by atoms with Gasteiger partial charge in [-0.05, 0) is 31.6 Å². The number of nitrogens with two attached hydrogens (primary N) is 1. The van der Waals surface area contributed by atoms with Gasteiger partial charge < -0.3 is 11.1 Å². The number of amides is 1. The minimum Gasteiger partial charge on any atom is -0.356 e. The van der Waals surface area contributed by atoms with Crippen LogP contribution in [0.2, 0.25) is 0 Å². The molecule has 1 amide bonds. The van der Waals surface area contributed by atoms with Crippen molar-refractivity contribution >= 4 is 5.91 Å². The lowest BCUT2D eigenvalue weighted by Gasteiger charge is -2.27. The van der Waals surface area contributed by atoms with E-state index in [4.69, 9.17) is 5.73 Å². The Morgan fingerprint density at radius 3 is 2.69 bits per heavy atom. The second-order valence-electron chi connectivity index (χ2n) is 5.38. The second kappa shape index (κ2) is 6.89. The minimum atomic E-state index is 0.0628. The summed E-state index contributed by atoms with van der Waals surface area (Å²) in [6.07, 6.45) is 6.56. The van der Waals surface area contributed by atoms with E-state index in [9.17, 15) is 4.79 Å². The highest BCUT2D eigenvalue weighted by molar-refractivity contribution is 5.79. The Bertz CT molecular complexity index is 216. The van der Waals surface area contributed by atoms with Crippen LogP contribution in [0.4, 0.5) is 0 Å². The molecule has 1 rings (SSSR count). The minimum absolute atomic E-state index is 0.0628. The van der Waals surface area contributed by atoms with Gasteiger partial charge in [-0.15, -0.1) is 0 Å². The van der Waals surface area contributed by atoms with E-state index in [1.807, 2.05) is 0 Å². The van der Waals surface area contributed by atoms with Crippen LogP contribution in [-0.2, 0) is 4.79 Å². The zero-order valence-electron chi connectivity index (χ0n) is 10.7. The first kappa shape index (κ1) is 13.5. The number of nitrogens with one attached hydrogen (secondary N) is 1. The van der Waals surface area contributed by atoms with Crippen LogP contribution in [0.5, 0.6) is 0 Å². The third-order valence-corrected chi connectivity index (χ3v) is 3.41. The molecule has 1 aliphatic rings. The molecule has 2 atom stereocenters. The molecule has 3 heteroatoms. The fourth-order valence-electron chi connectivity index (χ4n) is 2.34. The highest BCUT2D eigenvalue weighted by Crippen LogP contribution is 2.22. The monoisotopic (exact) mass is 226 g/mol. The molecule has 1 aliphatic carbocycles. The van der Waals surface area contributed by atoms with Gasteiger partial charge in [0.25, 0.3) is 0 Å². The van der Waals surface area contributed by atoms with Crippen LogP contribution >= 0.6 is 0 Å². The highest BCUT2D eigenvalue weighted by atomic mass is 16.1. The molecule has 16 heavy (non-hydrogen) atoms. The fourth-order valence-corrected chi connectivity index (χ4v) is 2.34. The van der Waals surface area contributed by atoms with E-state index in [2.05, 4.69) is 19.2 Å². The summed E-state index contributed by atoms with van der Waals surface area (Å²) in [5.41, 5.74) is 5.97. The van der Waals surface area contributed by atoms with Crippen molar-refractivity contribution in [2.24, 2.45) is 17.6 Å². The zero-order chi connectivity index (χ0) is 12.0. The number of carbonyl (C=O) groups is 1. The molecule has 0 saturated heterocycles. The molecule has 94 valence electrons. The second-order valence-corrected chi connectivity index (χ2v) is 5.38. The Balaban J connectivity index is 2.18. The summed E-state index contributed by atoms with van der Waals surface area (Å²) in [6.45, 7) is 5.22. The smallest absolute Gasteiger partial charge is 0.224 e. The molecule has 0 spiro atoms. The summed E-state index contributed by atoms with van der Waals surface area (Å²) < 4.78 is 0. The lowest BCUT2D eigenvalue weighted by atomic mass is 9.84. The van der Waals surface area contributed by atoms with Crippen molar-refractivity contribution in [1.82, 2.24) is 5.32 Å². The van der Waals surface area contributed by atoms with Crippen molar-refractivity contribution in [2.75, 3.05) is 6.54 Å². The third kappa shape index (κ3) is 4.52. The average molecular weight is 226 g/mol. The molecule has 2 unspecified atom stereocenters. The molecule has 3 N–H and O–H groups in total. The first-order chi connectivity index (χ1) is 7.61. The molecule has 0 aromatic carbocycles. The molecule has 0 bridgehead atoms. The van der Waals surface area contributed by atoms with Gasteiger partial charge in [-0.3, -0.25) is 4.79 Å². The molecular formula is C13H26N2O. The van der Waals surface area contributed by atoms with Gasteiger partial charge in [0.2, 0.25) is 5.91 Å². The number of rotatable bonds is 5. The molecule has 1 saturated carbocycles. The Kier molecular flexibility index (Phi) is 5.81. The SMILES string of the molecule is CC(C)CCCNC(=O)C1CCCCC1N. The van der Waals surface area contributed by atoms with E-state index >= 15 is 0 Å². The molecule has 0 aromatic rings. The van der Waals surface area contributed by atoms with Gasteiger partial charge in [0.1, 0.15) is 0 Å². The van der Waals surface area contributed by atoms with Crippen LogP contribution in [0.3, 0.4) is 0 Å². The van der Waals surface area contributed by atoms with Crippen molar-refractivity contribution in [2.45, 2.75) is 58.4 Å². The van der Waals surface area contributed by atoms with Crippen LogP contribution < -0.4 is 11.1 Å². The molecule has 1 fully saturated rings. The van der Waals surface area contributed by atoms with Crippen molar-refractivity contribution in [3.63, 3.8) is 0 Å². The number of hydrogen-bond donors (Lipinski definition) is 2. The predicted molar refractivity (Wildman–Crippen MR) is 67.0 cm³/mol. The summed E-state index contributed by atoms with van der Waals surface area (Å²) in [4.78, 5) is 11.9. The van der Waals surface area contributed by atoms with E-state index < -0.39 is 0 Å². The van der Waals surface area contributed by atoms with Gasteiger partial charge in [-0.2, -0.15) is 0 Å². The van der Waals surface area contributed by atoms with Gasteiger partial charge in [-0.1, -0.05) is 26.7 Å². The summed E-state index contributed by atoms with van der Waals surface area (Å²) in [6, 6.07) is 0.0823. The molecule has 0 aliphatic heterocycles. The maximum Gasteiger partial charge on any atom is 0.224 e. The molecular weight excluding hydrogens is 200 g/mol. The van der Waals surface area contributed by atoms with Crippen molar-refractivity contribution in [3.8, 4) is 0 Å². The summed E-state index contributed by atoms with van der Waals surface area (Å²) in [5.74, 6) is 0.956. The van der Waals surface area contributed by atoms with Crippen LogP contribution in [-0.4, -0.2) is 18.5 Å². The average Bonchev–Trinajstić information content (AvgIpc) is 2.24. The van der Waals surface area contributed by atoms with E-state index in [-0.39, 0.29) is 17.9 Å². The van der Waals surface area contributed by atoms with Gasteiger partial charge in [-0.25, -0.2) is 0 Å². The predicted octanol–water partition coefficient (Wildman–Crippen LogP) is 2.06. The van der Waals surface area contributed by atoms with E-state index in [0.29, 0.717) is 5.92 Å². The third-order valence-electron chi connectivity index (χ3n) is 3.41. The quantitative estimate of drug-likeness (QED) is 0.705. The molecule has 3 nitrogen and oxygen atoms in total. The lowest BCUT2D eigenvalue weighted by Crippen LogP contribution is -2.43. The van der Waals surface area contributed by atoms with Crippen LogP contribution in [0.1, 0.15) is 52.4 Å². The molecule has 0 radical (unpaired) electrons. The van der Waals surface area contributed by atoms with Crippen molar-refractivity contribution in [1.29, 1.82) is 0 Å². The molecule has 0 heterocycles. The van der Waals surface area contributed by atoms with Crippen molar-refractivity contribution < 1.29 is 4.79 Å². The first-order valence-electron chi connectivity index (χ1n) is 6.64. The Morgan fingerprint density at radius 2 is 2.06 bits per heavy atom. The van der Waals surface area contributed by atoms with Crippen LogP contribution in [0.15, 0.2) is 0 Å². The largest absolute Gasteiger partial charge is 0.356 e. The number of hydrogen-bond acceptors (Lipinski definition) is 2.